The average Bonchev–Trinajstić information content (AvgIpc) is 2.31. The Hall–Kier alpha value is -1.68. The fourth-order valence-electron chi connectivity index (χ4n) is 1.13. The highest BCUT2D eigenvalue weighted by molar-refractivity contribution is 7.86. The van der Waals surface area contributed by atoms with Gasteiger partial charge in [-0.05, 0) is 24.3 Å². The first kappa shape index (κ1) is 9.86. The second kappa shape index (κ2) is 4.70. The van der Waals surface area contributed by atoms with E-state index in [4.69, 9.17) is 0 Å². The van der Waals surface area contributed by atoms with Crippen LogP contribution in [-0.4, -0.2) is 9.19 Å². The summed E-state index contributed by atoms with van der Waals surface area (Å²) in [5, 5.41) is 0. The van der Waals surface area contributed by atoms with Gasteiger partial charge < -0.3 is 0 Å². The molecule has 0 aliphatic heterocycles. The van der Waals surface area contributed by atoms with Crippen molar-refractivity contribution in [2.45, 2.75) is 4.90 Å². The van der Waals surface area contributed by atoms with Gasteiger partial charge in [0.1, 0.15) is 11.0 Å². The normalized spacial score (nSPS) is 12.0. The minimum absolute atomic E-state index is 0.750. The van der Waals surface area contributed by atoms with Gasteiger partial charge in [-0.3, -0.25) is 9.71 Å². The molecular weight excluding hydrogens is 208 g/mol. The first-order valence-electron chi connectivity index (χ1n) is 4.50. The van der Waals surface area contributed by atoms with Gasteiger partial charge in [0.05, 0.1) is 16.8 Å². The van der Waals surface area contributed by atoms with Crippen molar-refractivity contribution in [2.75, 3.05) is 4.72 Å². The van der Waals surface area contributed by atoms with Gasteiger partial charge >= 0.3 is 0 Å². The van der Waals surface area contributed by atoms with Gasteiger partial charge in [-0.25, -0.2) is 4.21 Å². The topological polar surface area (TPSA) is 42.0 Å². The number of pyridine rings is 1. The summed E-state index contributed by atoms with van der Waals surface area (Å²) in [4.78, 5) is 4.69. The van der Waals surface area contributed by atoms with Crippen molar-refractivity contribution in [3.05, 3.63) is 54.9 Å². The summed E-state index contributed by atoms with van der Waals surface area (Å²) in [6.45, 7) is 0. The molecule has 0 saturated carbocycles. The van der Waals surface area contributed by atoms with Gasteiger partial charge in [0.15, 0.2) is 0 Å². The fourth-order valence-corrected chi connectivity index (χ4v) is 1.99. The third-order valence-corrected chi connectivity index (χ3v) is 2.95. The van der Waals surface area contributed by atoms with Crippen LogP contribution in [0.25, 0.3) is 0 Å². The van der Waals surface area contributed by atoms with Crippen molar-refractivity contribution in [1.29, 1.82) is 0 Å². The Morgan fingerprint density at radius 1 is 1.07 bits per heavy atom. The van der Waals surface area contributed by atoms with Gasteiger partial charge in [0.2, 0.25) is 0 Å². The van der Waals surface area contributed by atoms with E-state index in [1.165, 1.54) is 0 Å². The van der Waals surface area contributed by atoms with Gasteiger partial charge in [-0.1, -0.05) is 18.2 Å². The predicted octanol–water partition coefficient (Wildman–Crippen LogP) is 2.22. The molecule has 0 aliphatic rings. The molecule has 0 bridgehead atoms. The molecule has 1 N–H and O–H groups in total. The highest BCUT2D eigenvalue weighted by Gasteiger charge is 2.01. The number of nitrogens with one attached hydrogen (secondary N) is 1. The molecule has 15 heavy (non-hydrogen) atoms. The average molecular weight is 218 g/mol. The van der Waals surface area contributed by atoms with Gasteiger partial charge in [0, 0.05) is 6.20 Å². The highest BCUT2D eigenvalue weighted by atomic mass is 32.2. The number of rotatable bonds is 3. The number of anilines is 1. The van der Waals surface area contributed by atoms with E-state index in [0.717, 1.165) is 10.6 Å². The lowest BCUT2D eigenvalue weighted by molar-refractivity contribution is 0.686. The smallest absolute Gasteiger partial charge is 0.150 e. The molecule has 1 aromatic heterocycles. The molecular formula is C11H10N2OS. The standard InChI is InChI=1S/C11H10N2OS/c14-15(11-6-2-1-3-7-11)13-10-5-4-8-12-9-10/h1-9,13H. The van der Waals surface area contributed by atoms with Crippen molar-refractivity contribution in [1.82, 2.24) is 4.98 Å². The van der Waals surface area contributed by atoms with Crippen LogP contribution in [0.3, 0.4) is 0 Å². The number of aromatic nitrogens is 1. The molecule has 4 heteroatoms. The summed E-state index contributed by atoms with van der Waals surface area (Å²) >= 11 is 0. The molecule has 0 aliphatic carbocycles. The predicted molar refractivity (Wildman–Crippen MR) is 60.7 cm³/mol. The molecule has 0 spiro atoms. The summed E-state index contributed by atoms with van der Waals surface area (Å²) in [5.74, 6) is 0. The molecule has 0 radical (unpaired) electrons. The number of hydrogen-bond acceptors (Lipinski definition) is 2. The SMILES string of the molecule is O=S(Nc1cccnc1)c1ccccc1. The van der Waals surface area contributed by atoms with Crippen LogP contribution in [0, 0.1) is 0 Å². The molecule has 2 aromatic rings. The minimum Gasteiger partial charge on any atom is -0.300 e. The van der Waals surface area contributed by atoms with Crippen molar-refractivity contribution in [3.63, 3.8) is 0 Å². The Morgan fingerprint density at radius 2 is 1.87 bits per heavy atom. The van der Waals surface area contributed by atoms with Crippen LogP contribution in [0.1, 0.15) is 0 Å². The third kappa shape index (κ3) is 2.63. The van der Waals surface area contributed by atoms with E-state index in [2.05, 4.69) is 9.71 Å². The molecule has 1 atom stereocenters. The number of benzene rings is 1. The first-order valence-corrected chi connectivity index (χ1v) is 5.65. The second-order valence-corrected chi connectivity index (χ2v) is 4.14. The largest absolute Gasteiger partial charge is 0.300 e. The molecule has 3 nitrogen and oxygen atoms in total. The van der Waals surface area contributed by atoms with Gasteiger partial charge in [-0.2, -0.15) is 0 Å². The van der Waals surface area contributed by atoms with Crippen molar-refractivity contribution >= 4 is 16.7 Å². The Kier molecular flexibility index (Phi) is 3.09. The van der Waals surface area contributed by atoms with Crippen LogP contribution < -0.4 is 4.72 Å². The first-order chi connectivity index (χ1) is 7.36. The van der Waals surface area contributed by atoms with E-state index in [1.807, 2.05) is 36.4 Å². The van der Waals surface area contributed by atoms with Crippen molar-refractivity contribution < 1.29 is 4.21 Å². The zero-order valence-electron chi connectivity index (χ0n) is 7.96. The molecule has 1 heterocycles. The van der Waals surface area contributed by atoms with Crippen LogP contribution in [0.15, 0.2) is 59.8 Å². The molecule has 1 aromatic carbocycles. The summed E-state index contributed by atoms with van der Waals surface area (Å²) in [6, 6.07) is 12.9. The number of hydrogen-bond donors (Lipinski definition) is 1. The second-order valence-electron chi connectivity index (χ2n) is 2.93. The van der Waals surface area contributed by atoms with Crippen molar-refractivity contribution in [2.24, 2.45) is 0 Å². The highest BCUT2D eigenvalue weighted by Crippen LogP contribution is 2.10. The molecule has 76 valence electrons. The molecule has 0 fully saturated rings. The van der Waals surface area contributed by atoms with E-state index in [1.54, 1.807) is 18.5 Å². The Morgan fingerprint density at radius 3 is 2.53 bits per heavy atom. The quantitative estimate of drug-likeness (QED) is 0.858. The van der Waals surface area contributed by atoms with Crippen LogP contribution in [0.5, 0.6) is 0 Å². The van der Waals surface area contributed by atoms with Gasteiger partial charge in [0.25, 0.3) is 0 Å². The lowest BCUT2D eigenvalue weighted by Crippen LogP contribution is -2.04. The van der Waals surface area contributed by atoms with E-state index in [0.29, 0.717) is 0 Å². The zero-order chi connectivity index (χ0) is 10.5. The lowest BCUT2D eigenvalue weighted by Gasteiger charge is -2.04. The molecule has 0 amide bonds. The van der Waals surface area contributed by atoms with Crippen LogP contribution in [-0.2, 0) is 11.0 Å². The van der Waals surface area contributed by atoms with E-state index in [-0.39, 0.29) is 0 Å². The van der Waals surface area contributed by atoms with Gasteiger partial charge in [-0.15, -0.1) is 0 Å². The van der Waals surface area contributed by atoms with Crippen LogP contribution in [0.2, 0.25) is 0 Å². The third-order valence-electron chi connectivity index (χ3n) is 1.83. The van der Waals surface area contributed by atoms with E-state index in [9.17, 15) is 4.21 Å². The maximum atomic E-state index is 11.8. The fraction of sp³-hybridized carbons (Fsp3) is 0. The maximum absolute atomic E-state index is 11.8. The monoisotopic (exact) mass is 218 g/mol. The lowest BCUT2D eigenvalue weighted by atomic mass is 10.4. The summed E-state index contributed by atoms with van der Waals surface area (Å²) in [6.07, 6.45) is 3.32. The van der Waals surface area contributed by atoms with Crippen LogP contribution >= 0.6 is 0 Å². The molecule has 1 unspecified atom stereocenters. The van der Waals surface area contributed by atoms with Crippen LogP contribution in [0.4, 0.5) is 5.69 Å². The summed E-state index contributed by atoms with van der Waals surface area (Å²) in [7, 11) is -1.22. The molecule has 0 saturated heterocycles. The van der Waals surface area contributed by atoms with E-state index < -0.39 is 11.0 Å². The Labute approximate surface area is 90.8 Å². The maximum Gasteiger partial charge on any atom is 0.150 e. The van der Waals surface area contributed by atoms with Crippen molar-refractivity contribution in [3.8, 4) is 0 Å². The zero-order valence-corrected chi connectivity index (χ0v) is 8.78. The Balaban J connectivity index is 2.12. The Bertz CT molecular complexity index is 445. The number of nitrogens with zero attached hydrogens (tertiary/aromatic N) is 1. The van der Waals surface area contributed by atoms with E-state index >= 15 is 0 Å². The summed E-state index contributed by atoms with van der Waals surface area (Å²) in [5.41, 5.74) is 0.750. The molecule has 2 rings (SSSR count). The minimum atomic E-state index is -1.22. The summed E-state index contributed by atoms with van der Waals surface area (Å²) < 4.78 is 14.7.